The first-order chi connectivity index (χ1) is 21.7. The second kappa shape index (κ2) is 15.9. The van der Waals surface area contributed by atoms with Gasteiger partial charge in [-0.25, -0.2) is 19.6 Å². The van der Waals surface area contributed by atoms with E-state index >= 15 is 0 Å². The average molecular weight is 652 g/mol. The van der Waals surface area contributed by atoms with E-state index in [1.165, 1.54) is 10.9 Å². The van der Waals surface area contributed by atoms with Gasteiger partial charge in [0.15, 0.2) is 5.65 Å². The van der Waals surface area contributed by atoms with Crippen LogP contribution >= 0.6 is 0 Å². The van der Waals surface area contributed by atoms with E-state index < -0.39 is 87.2 Å². The first kappa shape index (κ1) is 34.9. The van der Waals surface area contributed by atoms with E-state index in [2.05, 4.69) is 41.5 Å². The molecule has 3 rings (SSSR count). The number of imidazole rings is 1. The van der Waals surface area contributed by atoms with E-state index in [4.69, 9.17) is 24.4 Å². The van der Waals surface area contributed by atoms with Crippen LogP contribution in [0, 0.1) is 12.8 Å². The van der Waals surface area contributed by atoms with Gasteiger partial charge in [-0.15, -0.1) is 0 Å². The number of fused-ring (bicyclic) bond motifs is 1. The lowest BCUT2D eigenvalue weighted by Gasteiger charge is -2.19. The number of hydrogen-bond acceptors (Lipinski definition) is 13. The third kappa shape index (κ3) is 10.2. The number of nitrogens with one attached hydrogen (secondary N) is 5. The molecule has 0 saturated carbocycles. The van der Waals surface area contributed by atoms with Crippen molar-refractivity contribution in [3.8, 4) is 0 Å². The molecule has 1 aliphatic heterocycles. The number of rotatable bonds is 14. The van der Waals surface area contributed by atoms with E-state index in [0.717, 1.165) is 0 Å². The number of carbonyl (C=O) groups excluding carboxylic acids is 5. The number of anilines is 1. The molecule has 2 aromatic heterocycles. The van der Waals surface area contributed by atoms with Gasteiger partial charge in [0.1, 0.15) is 56.7 Å². The molecule has 0 radical (unpaired) electrons. The monoisotopic (exact) mass is 651 g/mol. The number of carboxylic acids is 2. The highest BCUT2D eigenvalue weighted by atomic mass is 16.6. The van der Waals surface area contributed by atoms with Gasteiger partial charge >= 0.3 is 24.1 Å². The molecule has 3 heterocycles. The molecular formula is C25H33N9O12. The molecule has 0 bridgehead atoms. The topological polar surface area (TPSA) is 291 Å². The molecule has 250 valence electrons. The van der Waals surface area contributed by atoms with Crippen LogP contribution in [0.4, 0.5) is 15.5 Å². The van der Waals surface area contributed by atoms with Gasteiger partial charge in [0.2, 0.25) is 23.7 Å². The van der Waals surface area contributed by atoms with Gasteiger partial charge in [-0.1, -0.05) is 13.8 Å². The molecule has 21 heteroatoms. The van der Waals surface area contributed by atoms with Crippen LogP contribution in [0.25, 0.3) is 11.2 Å². The number of carbonyl (C=O) groups is 7. The summed E-state index contributed by atoms with van der Waals surface area (Å²) < 4.78 is 18.1. The van der Waals surface area contributed by atoms with Crippen LogP contribution in [0.15, 0.2) is 6.33 Å². The highest BCUT2D eigenvalue weighted by Crippen LogP contribution is 2.33. The van der Waals surface area contributed by atoms with Gasteiger partial charge in [-0.3, -0.25) is 33.9 Å². The van der Waals surface area contributed by atoms with Crippen molar-refractivity contribution in [3.05, 3.63) is 12.0 Å². The van der Waals surface area contributed by atoms with Gasteiger partial charge in [0.25, 0.3) is 0 Å². The Hall–Kier alpha value is -5.60. The standard InChI is InChI=1S/C25H33N9O12/c1-11(2)22(41)33-23-31-12(3)20-21(32-23)34(10-30-20)17-4-13(46-25(43)29-6-16(36)27-8-19(39)40)14(45-17)9-44-24(42)28-5-15(35)26-7-18(37)38/h10-11,13-14,17H,4-9H2,1-3H3,(H,26,35)(H,27,36)(H,28,42)(H,29,43)(H,37,38)(H,39,40)(H,31,32,33,41). The molecule has 2 aromatic rings. The summed E-state index contributed by atoms with van der Waals surface area (Å²) in [7, 11) is 0. The molecule has 0 aromatic carbocycles. The van der Waals surface area contributed by atoms with Gasteiger partial charge in [-0.05, 0) is 6.92 Å². The summed E-state index contributed by atoms with van der Waals surface area (Å²) >= 11 is 0. The third-order valence-corrected chi connectivity index (χ3v) is 6.14. The number of hydrogen-bond donors (Lipinski definition) is 7. The first-order valence-electron chi connectivity index (χ1n) is 13.7. The van der Waals surface area contributed by atoms with Crippen molar-refractivity contribution in [2.24, 2.45) is 5.92 Å². The van der Waals surface area contributed by atoms with Crippen molar-refractivity contribution in [2.45, 2.75) is 45.6 Å². The van der Waals surface area contributed by atoms with Gasteiger partial charge in [0, 0.05) is 12.3 Å². The lowest BCUT2D eigenvalue weighted by molar-refractivity contribution is -0.138. The van der Waals surface area contributed by atoms with Crippen LogP contribution < -0.4 is 26.6 Å². The molecule has 1 aliphatic rings. The van der Waals surface area contributed by atoms with Crippen LogP contribution in [-0.2, 0) is 38.2 Å². The fourth-order valence-corrected chi connectivity index (χ4v) is 3.89. The molecule has 5 amide bonds. The minimum Gasteiger partial charge on any atom is -0.480 e. The summed E-state index contributed by atoms with van der Waals surface area (Å²) in [4.78, 5) is 94.5. The molecule has 0 spiro atoms. The van der Waals surface area contributed by atoms with Gasteiger partial charge in [0.05, 0.1) is 12.0 Å². The number of aliphatic carboxylic acids is 2. The molecule has 21 nitrogen and oxygen atoms in total. The molecule has 3 atom stereocenters. The Morgan fingerprint density at radius 2 is 1.54 bits per heavy atom. The van der Waals surface area contributed by atoms with Crippen molar-refractivity contribution >= 4 is 59.0 Å². The second-order valence-electron chi connectivity index (χ2n) is 10.1. The zero-order chi connectivity index (χ0) is 34.0. The van der Waals surface area contributed by atoms with Crippen LogP contribution in [0.3, 0.4) is 0 Å². The number of aryl methyl sites for hydroxylation is 1. The number of alkyl carbamates (subject to hydrolysis) is 2. The first-order valence-corrected chi connectivity index (χ1v) is 13.7. The minimum atomic E-state index is -1.28. The quantitative estimate of drug-likeness (QED) is 0.119. The average Bonchev–Trinajstić information content (AvgIpc) is 3.59. The van der Waals surface area contributed by atoms with Crippen LogP contribution in [-0.4, -0.2) is 117 Å². The van der Waals surface area contributed by atoms with E-state index in [0.29, 0.717) is 11.2 Å². The zero-order valence-corrected chi connectivity index (χ0v) is 24.9. The second-order valence-corrected chi connectivity index (χ2v) is 10.1. The Labute approximate surface area is 259 Å². The summed E-state index contributed by atoms with van der Waals surface area (Å²) in [5.74, 6) is -4.75. The summed E-state index contributed by atoms with van der Waals surface area (Å²) in [6, 6.07) is 0. The summed E-state index contributed by atoms with van der Waals surface area (Å²) in [5.41, 5.74) is 1.13. The Morgan fingerprint density at radius 1 is 0.935 bits per heavy atom. The summed E-state index contributed by atoms with van der Waals surface area (Å²) in [6.45, 7) is 2.12. The molecule has 0 aliphatic carbocycles. The van der Waals surface area contributed by atoms with E-state index in [9.17, 15) is 33.6 Å². The van der Waals surface area contributed by atoms with E-state index in [-0.39, 0.29) is 29.8 Å². The van der Waals surface area contributed by atoms with Crippen LogP contribution in [0.1, 0.15) is 32.2 Å². The van der Waals surface area contributed by atoms with Crippen LogP contribution in [0.2, 0.25) is 0 Å². The zero-order valence-electron chi connectivity index (χ0n) is 24.9. The Balaban J connectivity index is 1.73. The SMILES string of the molecule is Cc1nc(NC(=O)C(C)C)nc2c1ncn2C1CC(OC(=O)NCC(=O)NCC(=O)O)C(COC(=O)NCC(=O)NCC(=O)O)O1. The Bertz CT molecular complexity index is 1490. The molecule has 7 N–H and O–H groups in total. The summed E-state index contributed by atoms with van der Waals surface area (Å²) in [6.07, 6.45) is -3.77. The van der Waals surface area contributed by atoms with Crippen molar-refractivity contribution in [1.82, 2.24) is 40.8 Å². The number of ether oxygens (including phenoxy) is 3. The lowest BCUT2D eigenvalue weighted by Crippen LogP contribution is -2.42. The summed E-state index contributed by atoms with van der Waals surface area (Å²) in [5, 5.41) is 28.4. The third-order valence-electron chi connectivity index (χ3n) is 6.14. The number of carboxylic acid groups (broad SMARTS) is 2. The van der Waals surface area contributed by atoms with Crippen molar-refractivity contribution in [3.63, 3.8) is 0 Å². The van der Waals surface area contributed by atoms with Gasteiger partial charge in [-0.2, -0.15) is 4.98 Å². The van der Waals surface area contributed by atoms with Gasteiger partial charge < -0.3 is 45.7 Å². The fraction of sp³-hybridized carbons (Fsp3) is 0.520. The number of amides is 5. The van der Waals surface area contributed by atoms with E-state index in [1.807, 2.05) is 0 Å². The van der Waals surface area contributed by atoms with Crippen molar-refractivity contribution in [2.75, 3.05) is 38.1 Å². The number of nitrogens with zero attached hydrogens (tertiary/aromatic N) is 4. The normalized spacial score (nSPS) is 17.2. The smallest absolute Gasteiger partial charge is 0.407 e. The maximum atomic E-state index is 12.5. The fourth-order valence-electron chi connectivity index (χ4n) is 3.89. The Morgan fingerprint density at radius 3 is 2.13 bits per heavy atom. The molecule has 1 fully saturated rings. The Kier molecular flexibility index (Phi) is 12.1. The number of aromatic nitrogens is 4. The maximum absolute atomic E-state index is 12.5. The highest BCUT2D eigenvalue weighted by Gasteiger charge is 2.40. The molecule has 46 heavy (non-hydrogen) atoms. The van der Waals surface area contributed by atoms with E-state index in [1.54, 1.807) is 20.8 Å². The highest BCUT2D eigenvalue weighted by molar-refractivity contribution is 5.91. The predicted molar refractivity (Wildman–Crippen MR) is 151 cm³/mol. The lowest BCUT2D eigenvalue weighted by atomic mass is 10.2. The van der Waals surface area contributed by atoms with Crippen LogP contribution in [0.5, 0.6) is 0 Å². The molecular weight excluding hydrogens is 618 g/mol. The maximum Gasteiger partial charge on any atom is 0.407 e. The van der Waals surface area contributed by atoms with Crippen molar-refractivity contribution in [1.29, 1.82) is 0 Å². The molecule has 3 unspecified atom stereocenters. The largest absolute Gasteiger partial charge is 0.480 e. The minimum absolute atomic E-state index is 0.0198. The van der Waals surface area contributed by atoms with Crippen molar-refractivity contribution < 1.29 is 58.0 Å². The molecule has 1 saturated heterocycles. The predicted octanol–water partition coefficient (Wildman–Crippen LogP) is -1.76.